The summed E-state index contributed by atoms with van der Waals surface area (Å²) < 4.78 is 0. The van der Waals surface area contributed by atoms with Gasteiger partial charge in [-0.15, -0.1) is 0 Å². The first-order valence-corrected chi connectivity index (χ1v) is 13.7. The number of rotatable bonds is 16. The van der Waals surface area contributed by atoms with Crippen LogP contribution in [-0.4, -0.2) is 76.0 Å². The van der Waals surface area contributed by atoms with Gasteiger partial charge in [0.1, 0.15) is 18.1 Å². The molecule has 210 valence electrons. The number of aliphatic carboxylic acids is 2. The number of nitrogens with one attached hydrogen (secondary N) is 3. The van der Waals surface area contributed by atoms with Crippen LogP contribution in [0, 0.1) is 0 Å². The zero-order valence-corrected chi connectivity index (χ0v) is 22.4. The molecule has 2 rings (SSSR count). The van der Waals surface area contributed by atoms with Crippen LogP contribution in [0.4, 0.5) is 0 Å². The number of carbonyl (C=O) groups excluding carboxylic acids is 3. The molecule has 0 heterocycles. The van der Waals surface area contributed by atoms with E-state index in [-0.39, 0.29) is 12.8 Å². The van der Waals surface area contributed by atoms with Gasteiger partial charge in [-0.1, -0.05) is 60.7 Å². The van der Waals surface area contributed by atoms with Crippen LogP contribution < -0.4 is 21.7 Å². The van der Waals surface area contributed by atoms with E-state index in [1.807, 2.05) is 12.3 Å². The maximum absolute atomic E-state index is 13.5. The summed E-state index contributed by atoms with van der Waals surface area (Å²) in [7, 11) is 0. The van der Waals surface area contributed by atoms with Crippen molar-refractivity contribution in [2.75, 3.05) is 12.0 Å². The summed E-state index contributed by atoms with van der Waals surface area (Å²) >= 11 is 1.54. The standard InChI is InChI=1S/C27H34N4O7S/c1-39-13-12-19(28)24(34)29-20(14-17-8-4-2-5-9-17)25(35)30-21(15-18-10-6-3-7-11-18)26(36)31-22(27(37)38)16-23(32)33/h2-11,19-22H,12-16,28H2,1H3,(H,29,34)(H,30,35)(H,31,36)(H,32,33)(H,37,38). The van der Waals surface area contributed by atoms with Gasteiger partial charge in [0, 0.05) is 12.8 Å². The second kappa shape index (κ2) is 16.1. The van der Waals surface area contributed by atoms with Crippen molar-refractivity contribution in [3.63, 3.8) is 0 Å². The first-order valence-electron chi connectivity index (χ1n) is 12.3. The third-order valence-electron chi connectivity index (χ3n) is 5.79. The first-order chi connectivity index (χ1) is 18.6. The summed E-state index contributed by atoms with van der Waals surface area (Å²) in [5.41, 5.74) is 7.42. The Morgan fingerprint density at radius 3 is 1.59 bits per heavy atom. The maximum Gasteiger partial charge on any atom is 0.326 e. The van der Waals surface area contributed by atoms with Gasteiger partial charge in [-0.2, -0.15) is 11.8 Å². The lowest BCUT2D eigenvalue weighted by Crippen LogP contribution is -2.58. The molecule has 0 bridgehead atoms. The lowest BCUT2D eigenvalue weighted by atomic mass is 10.0. The molecule has 2 aromatic carbocycles. The van der Waals surface area contributed by atoms with E-state index in [0.29, 0.717) is 17.7 Å². The molecule has 11 nitrogen and oxygen atoms in total. The van der Waals surface area contributed by atoms with Crippen molar-refractivity contribution < 1.29 is 34.2 Å². The van der Waals surface area contributed by atoms with E-state index in [0.717, 1.165) is 5.56 Å². The van der Waals surface area contributed by atoms with E-state index in [9.17, 15) is 29.1 Å². The summed E-state index contributed by atoms with van der Waals surface area (Å²) in [4.78, 5) is 61.9. The highest BCUT2D eigenvalue weighted by molar-refractivity contribution is 7.98. The minimum absolute atomic E-state index is 0.00291. The van der Waals surface area contributed by atoms with Crippen molar-refractivity contribution in [2.45, 2.75) is 49.9 Å². The molecule has 0 aliphatic carbocycles. The van der Waals surface area contributed by atoms with Gasteiger partial charge in [-0.3, -0.25) is 19.2 Å². The van der Waals surface area contributed by atoms with Gasteiger partial charge in [-0.05, 0) is 29.6 Å². The summed E-state index contributed by atoms with van der Waals surface area (Å²) in [6.07, 6.45) is 1.57. The smallest absolute Gasteiger partial charge is 0.326 e. The minimum atomic E-state index is -1.69. The Kier molecular flexibility index (Phi) is 13.0. The Bertz CT molecular complexity index is 1120. The molecule has 0 aliphatic rings. The van der Waals surface area contributed by atoms with Gasteiger partial charge in [0.15, 0.2) is 0 Å². The fourth-order valence-corrected chi connectivity index (χ4v) is 4.18. The molecule has 3 amide bonds. The van der Waals surface area contributed by atoms with Crippen LogP contribution in [0.1, 0.15) is 24.0 Å². The zero-order chi connectivity index (χ0) is 28.8. The topological polar surface area (TPSA) is 188 Å². The second-order valence-electron chi connectivity index (χ2n) is 8.89. The molecule has 7 N–H and O–H groups in total. The molecule has 0 spiro atoms. The third-order valence-corrected chi connectivity index (χ3v) is 6.44. The van der Waals surface area contributed by atoms with Gasteiger partial charge < -0.3 is 31.9 Å². The number of carboxylic acids is 2. The Morgan fingerprint density at radius 2 is 1.18 bits per heavy atom. The van der Waals surface area contributed by atoms with Crippen molar-refractivity contribution in [1.29, 1.82) is 0 Å². The van der Waals surface area contributed by atoms with Gasteiger partial charge in [0.2, 0.25) is 17.7 Å². The first kappa shape index (κ1) is 31.3. The molecule has 0 saturated heterocycles. The van der Waals surface area contributed by atoms with Crippen LogP contribution in [0.3, 0.4) is 0 Å². The van der Waals surface area contributed by atoms with Crippen LogP contribution in [-0.2, 0) is 36.8 Å². The normalized spacial score (nSPS) is 13.8. The lowest BCUT2D eigenvalue weighted by molar-refractivity contribution is -0.147. The van der Waals surface area contributed by atoms with Crippen LogP contribution in [0.15, 0.2) is 60.7 Å². The Balaban J connectivity index is 2.29. The number of nitrogens with two attached hydrogens (primary N) is 1. The summed E-state index contributed by atoms with van der Waals surface area (Å²) in [6.45, 7) is 0. The molecule has 0 saturated carbocycles. The summed E-state index contributed by atoms with van der Waals surface area (Å²) in [5.74, 6) is -4.34. The molecule has 0 aromatic heterocycles. The van der Waals surface area contributed by atoms with Crippen molar-refractivity contribution >= 4 is 41.4 Å². The van der Waals surface area contributed by atoms with E-state index in [2.05, 4.69) is 16.0 Å². The molecule has 0 radical (unpaired) electrons. The van der Waals surface area contributed by atoms with Crippen molar-refractivity contribution in [3.05, 3.63) is 71.8 Å². The number of benzene rings is 2. The Hall–Kier alpha value is -3.90. The molecule has 12 heteroatoms. The molecular weight excluding hydrogens is 524 g/mol. The number of carbonyl (C=O) groups is 5. The Morgan fingerprint density at radius 1 is 0.744 bits per heavy atom. The van der Waals surface area contributed by atoms with Crippen molar-refractivity contribution in [2.24, 2.45) is 5.73 Å². The van der Waals surface area contributed by atoms with Crippen LogP contribution >= 0.6 is 11.8 Å². The fraction of sp³-hybridized carbons (Fsp3) is 0.370. The SMILES string of the molecule is CSCCC(N)C(=O)NC(Cc1ccccc1)C(=O)NC(Cc1ccccc1)C(=O)NC(CC(=O)O)C(=O)O. The average Bonchev–Trinajstić information content (AvgIpc) is 2.91. The highest BCUT2D eigenvalue weighted by atomic mass is 32.2. The van der Waals surface area contributed by atoms with E-state index in [4.69, 9.17) is 10.8 Å². The number of carboxylic acid groups (broad SMARTS) is 2. The lowest BCUT2D eigenvalue weighted by Gasteiger charge is -2.25. The van der Waals surface area contributed by atoms with Crippen molar-refractivity contribution in [1.82, 2.24) is 16.0 Å². The molecule has 4 unspecified atom stereocenters. The Labute approximate surface area is 230 Å². The van der Waals surface area contributed by atoms with Gasteiger partial charge >= 0.3 is 11.9 Å². The highest BCUT2D eigenvalue weighted by Crippen LogP contribution is 2.09. The quantitative estimate of drug-likeness (QED) is 0.171. The van der Waals surface area contributed by atoms with Crippen LogP contribution in [0.5, 0.6) is 0 Å². The molecule has 2 aromatic rings. The van der Waals surface area contributed by atoms with Gasteiger partial charge in [0.25, 0.3) is 0 Å². The van der Waals surface area contributed by atoms with Gasteiger partial charge in [-0.25, -0.2) is 4.79 Å². The summed E-state index contributed by atoms with van der Waals surface area (Å²) in [5, 5.41) is 25.9. The number of thioether (sulfide) groups is 1. The second-order valence-corrected chi connectivity index (χ2v) is 9.87. The van der Waals surface area contributed by atoms with E-state index in [1.165, 1.54) is 11.8 Å². The zero-order valence-electron chi connectivity index (χ0n) is 21.5. The number of hydrogen-bond acceptors (Lipinski definition) is 7. The number of hydrogen-bond donors (Lipinski definition) is 6. The largest absolute Gasteiger partial charge is 0.481 e. The molecule has 0 aliphatic heterocycles. The predicted molar refractivity (Wildman–Crippen MR) is 147 cm³/mol. The monoisotopic (exact) mass is 558 g/mol. The number of amides is 3. The van der Waals surface area contributed by atoms with E-state index >= 15 is 0 Å². The van der Waals surface area contributed by atoms with Crippen LogP contribution in [0.25, 0.3) is 0 Å². The van der Waals surface area contributed by atoms with Gasteiger partial charge in [0.05, 0.1) is 12.5 Å². The van der Waals surface area contributed by atoms with E-state index in [1.54, 1.807) is 54.6 Å². The maximum atomic E-state index is 13.5. The third kappa shape index (κ3) is 11.2. The summed E-state index contributed by atoms with van der Waals surface area (Å²) in [6, 6.07) is 12.8. The minimum Gasteiger partial charge on any atom is -0.481 e. The van der Waals surface area contributed by atoms with E-state index < -0.39 is 60.2 Å². The highest BCUT2D eigenvalue weighted by Gasteiger charge is 2.31. The predicted octanol–water partition coefficient (Wildman–Crippen LogP) is 0.566. The molecule has 0 fully saturated rings. The molecular formula is C27H34N4O7S. The molecule has 4 atom stereocenters. The van der Waals surface area contributed by atoms with Crippen LogP contribution in [0.2, 0.25) is 0 Å². The fourth-order valence-electron chi connectivity index (χ4n) is 3.69. The average molecular weight is 559 g/mol. The molecule has 39 heavy (non-hydrogen) atoms. The van der Waals surface area contributed by atoms with Crippen molar-refractivity contribution in [3.8, 4) is 0 Å².